The van der Waals surface area contributed by atoms with Crippen LogP contribution < -0.4 is 5.59 Å². The number of hydrazine groups is 1. The second-order valence-electron chi connectivity index (χ2n) is 2.40. The molecular weight excluding hydrogens is 180 g/mol. The van der Waals surface area contributed by atoms with E-state index < -0.39 is 24.4 Å². The zero-order chi connectivity index (χ0) is 9.84. The fourth-order valence-electron chi connectivity index (χ4n) is 0.837. The highest BCUT2D eigenvalue weighted by molar-refractivity contribution is 6.01. The Morgan fingerprint density at radius 1 is 1.46 bits per heavy atom. The van der Waals surface area contributed by atoms with Gasteiger partial charge in [-0.2, -0.15) is 5.01 Å². The molecule has 1 saturated heterocycles. The molecule has 0 saturated carbocycles. The van der Waals surface area contributed by atoms with Crippen LogP contribution in [0.3, 0.4) is 0 Å². The van der Waals surface area contributed by atoms with E-state index in [0.29, 0.717) is 5.01 Å². The first-order valence-electron chi connectivity index (χ1n) is 3.56. The number of amides is 2. The molecule has 0 bridgehead atoms. The Balaban J connectivity index is 2.31. The standard InChI is InChI=1S/C6H8N2O5/c9-4-1-2-5(10)8(4)7-13-3-6(11)12/h7H,1-3H2,(H,11,12). The maximum Gasteiger partial charge on any atom is 0.331 e. The SMILES string of the molecule is O=C(O)CONN1C(=O)CCC1=O. The summed E-state index contributed by atoms with van der Waals surface area (Å²) in [5.74, 6) is -2.03. The number of carboxylic acids is 1. The molecule has 1 rings (SSSR count). The molecule has 0 aliphatic carbocycles. The first kappa shape index (κ1) is 9.62. The lowest BCUT2D eigenvalue weighted by atomic mass is 10.4. The largest absolute Gasteiger partial charge is 0.479 e. The lowest BCUT2D eigenvalue weighted by molar-refractivity contribution is -0.167. The topological polar surface area (TPSA) is 95.9 Å². The Morgan fingerprint density at radius 2 is 2.00 bits per heavy atom. The molecule has 72 valence electrons. The van der Waals surface area contributed by atoms with Crippen molar-refractivity contribution in [1.82, 2.24) is 10.6 Å². The van der Waals surface area contributed by atoms with E-state index in [9.17, 15) is 14.4 Å². The van der Waals surface area contributed by atoms with Crippen molar-refractivity contribution >= 4 is 17.8 Å². The smallest absolute Gasteiger partial charge is 0.331 e. The fourth-order valence-corrected chi connectivity index (χ4v) is 0.837. The highest BCUT2D eigenvalue weighted by Crippen LogP contribution is 2.07. The number of rotatable bonds is 4. The molecule has 1 aliphatic heterocycles. The molecule has 7 heteroatoms. The molecule has 0 aromatic rings. The second-order valence-corrected chi connectivity index (χ2v) is 2.40. The van der Waals surface area contributed by atoms with Gasteiger partial charge in [0, 0.05) is 12.8 Å². The van der Waals surface area contributed by atoms with E-state index in [1.807, 2.05) is 5.59 Å². The van der Waals surface area contributed by atoms with Gasteiger partial charge in [-0.3, -0.25) is 14.4 Å². The average molecular weight is 188 g/mol. The summed E-state index contributed by atoms with van der Waals surface area (Å²) in [6.07, 6.45) is 0.254. The Bertz CT molecular complexity index is 235. The Labute approximate surface area is 73.2 Å². The number of aliphatic carboxylic acids is 1. The monoisotopic (exact) mass is 188 g/mol. The van der Waals surface area contributed by atoms with Crippen LogP contribution in [-0.2, 0) is 19.2 Å². The van der Waals surface area contributed by atoms with Crippen molar-refractivity contribution in [3.05, 3.63) is 0 Å². The van der Waals surface area contributed by atoms with E-state index in [1.54, 1.807) is 0 Å². The molecule has 0 unspecified atom stereocenters. The highest BCUT2D eigenvalue weighted by Gasteiger charge is 2.29. The van der Waals surface area contributed by atoms with Crippen LogP contribution in [0, 0.1) is 0 Å². The highest BCUT2D eigenvalue weighted by atomic mass is 16.7. The lowest BCUT2D eigenvalue weighted by Gasteiger charge is -2.12. The van der Waals surface area contributed by atoms with Crippen LogP contribution in [0.15, 0.2) is 0 Å². The molecule has 0 aromatic heterocycles. The second kappa shape index (κ2) is 3.97. The van der Waals surface area contributed by atoms with Gasteiger partial charge in [0.15, 0.2) is 6.61 Å². The van der Waals surface area contributed by atoms with Gasteiger partial charge in [-0.15, -0.1) is 5.59 Å². The van der Waals surface area contributed by atoms with Crippen LogP contribution in [0.5, 0.6) is 0 Å². The van der Waals surface area contributed by atoms with Gasteiger partial charge < -0.3 is 5.11 Å². The summed E-state index contributed by atoms with van der Waals surface area (Å²) in [5, 5.41) is 8.84. The number of carbonyl (C=O) groups is 3. The van der Waals surface area contributed by atoms with Gasteiger partial charge in [0.25, 0.3) is 0 Å². The molecule has 0 atom stereocenters. The molecular formula is C6H8N2O5. The van der Waals surface area contributed by atoms with Gasteiger partial charge in [-0.05, 0) is 0 Å². The summed E-state index contributed by atoms with van der Waals surface area (Å²) in [5.41, 5.74) is 1.97. The summed E-state index contributed by atoms with van der Waals surface area (Å²) >= 11 is 0. The van der Waals surface area contributed by atoms with Crippen LogP contribution in [0.4, 0.5) is 0 Å². The molecule has 2 N–H and O–H groups in total. The van der Waals surface area contributed by atoms with Crippen molar-refractivity contribution in [1.29, 1.82) is 0 Å². The third kappa shape index (κ3) is 2.49. The molecule has 0 aromatic carbocycles. The minimum Gasteiger partial charge on any atom is -0.479 e. The van der Waals surface area contributed by atoms with Crippen LogP contribution in [0.2, 0.25) is 0 Å². The fraction of sp³-hybridized carbons (Fsp3) is 0.500. The zero-order valence-corrected chi connectivity index (χ0v) is 6.65. The van der Waals surface area contributed by atoms with E-state index in [0.717, 1.165) is 0 Å². The number of imide groups is 1. The van der Waals surface area contributed by atoms with Gasteiger partial charge in [-0.25, -0.2) is 4.79 Å². The molecule has 1 aliphatic rings. The predicted molar refractivity (Wildman–Crippen MR) is 37.8 cm³/mol. The molecule has 13 heavy (non-hydrogen) atoms. The molecule has 1 fully saturated rings. The van der Waals surface area contributed by atoms with Crippen LogP contribution in [0.25, 0.3) is 0 Å². The maximum atomic E-state index is 10.9. The summed E-state index contributed by atoms with van der Waals surface area (Å²) in [4.78, 5) is 36.1. The minimum atomic E-state index is -1.19. The quantitative estimate of drug-likeness (QED) is 0.418. The molecule has 2 amide bonds. The van der Waals surface area contributed by atoms with E-state index >= 15 is 0 Å². The molecule has 7 nitrogen and oxygen atoms in total. The Kier molecular flexibility index (Phi) is 2.93. The number of nitrogens with zero attached hydrogens (tertiary/aromatic N) is 1. The minimum absolute atomic E-state index is 0.127. The van der Waals surface area contributed by atoms with Crippen molar-refractivity contribution in [3.8, 4) is 0 Å². The van der Waals surface area contributed by atoms with Gasteiger partial charge in [0.05, 0.1) is 0 Å². The zero-order valence-electron chi connectivity index (χ0n) is 6.65. The molecule has 0 spiro atoms. The molecule has 0 radical (unpaired) electrons. The Hall–Kier alpha value is -1.47. The normalized spacial score (nSPS) is 16.8. The first-order chi connectivity index (χ1) is 6.11. The van der Waals surface area contributed by atoms with Gasteiger partial charge >= 0.3 is 5.97 Å². The number of hydrogen-bond acceptors (Lipinski definition) is 5. The van der Waals surface area contributed by atoms with Crippen molar-refractivity contribution in [2.75, 3.05) is 6.61 Å². The Morgan fingerprint density at radius 3 is 2.46 bits per heavy atom. The number of nitrogens with one attached hydrogen (secondary N) is 1. The van der Waals surface area contributed by atoms with E-state index in [4.69, 9.17) is 5.11 Å². The van der Waals surface area contributed by atoms with Crippen LogP contribution >= 0.6 is 0 Å². The number of carbonyl (C=O) groups excluding carboxylic acids is 2. The third-order valence-electron chi connectivity index (χ3n) is 1.40. The van der Waals surface area contributed by atoms with Gasteiger partial charge in [0.1, 0.15) is 0 Å². The van der Waals surface area contributed by atoms with Crippen molar-refractivity contribution in [2.45, 2.75) is 12.8 Å². The van der Waals surface area contributed by atoms with Gasteiger partial charge in [-0.1, -0.05) is 0 Å². The van der Waals surface area contributed by atoms with E-state index in [2.05, 4.69) is 4.84 Å². The van der Waals surface area contributed by atoms with E-state index in [1.165, 1.54) is 0 Å². The number of carboxylic acid groups (broad SMARTS) is 1. The number of hydrogen-bond donors (Lipinski definition) is 2. The summed E-state index contributed by atoms with van der Waals surface area (Å²) in [6.45, 7) is -0.614. The van der Waals surface area contributed by atoms with Crippen molar-refractivity contribution in [3.63, 3.8) is 0 Å². The average Bonchev–Trinajstić information content (AvgIpc) is 2.34. The summed E-state index contributed by atoms with van der Waals surface area (Å²) in [6, 6.07) is 0. The van der Waals surface area contributed by atoms with Crippen LogP contribution in [-0.4, -0.2) is 34.5 Å². The lowest BCUT2D eigenvalue weighted by Crippen LogP contribution is -2.42. The first-order valence-corrected chi connectivity index (χ1v) is 3.56. The van der Waals surface area contributed by atoms with Gasteiger partial charge in [0.2, 0.25) is 11.8 Å². The summed E-state index contributed by atoms with van der Waals surface area (Å²) in [7, 11) is 0. The summed E-state index contributed by atoms with van der Waals surface area (Å²) < 4.78 is 0. The van der Waals surface area contributed by atoms with Crippen molar-refractivity contribution < 1.29 is 24.3 Å². The van der Waals surface area contributed by atoms with Crippen LogP contribution in [0.1, 0.15) is 12.8 Å². The van der Waals surface area contributed by atoms with Crippen molar-refractivity contribution in [2.24, 2.45) is 0 Å². The third-order valence-corrected chi connectivity index (χ3v) is 1.40. The molecule has 1 heterocycles. The predicted octanol–water partition coefficient (Wildman–Crippen LogP) is -1.34. The van der Waals surface area contributed by atoms with E-state index in [-0.39, 0.29) is 12.8 Å². The maximum absolute atomic E-state index is 10.9.